The van der Waals surface area contributed by atoms with Crippen LogP contribution in [0.2, 0.25) is 0 Å². The van der Waals surface area contributed by atoms with Crippen molar-refractivity contribution in [1.82, 2.24) is 10.5 Å². The number of nitrogens with one attached hydrogen (secondary N) is 2. The summed E-state index contributed by atoms with van der Waals surface area (Å²) in [6.07, 6.45) is 2.08. The first-order chi connectivity index (χ1) is 25.9. The van der Waals surface area contributed by atoms with E-state index in [2.05, 4.69) is 15.8 Å². The zero-order valence-corrected chi connectivity index (χ0v) is 30.6. The van der Waals surface area contributed by atoms with E-state index in [9.17, 15) is 4.79 Å². The van der Waals surface area contributed by atoms with Crippen LogP contribution >= 0.6 is 0 Å². The van der Waals surface area contributed by atoms with Crippen molar-refractivity contribution in [3.05, 3.63) is 83.9 Å². The van der Waals surface area contributed by atoms with Crippen LogP contribution in [0.3, 0.4) is 0 Å². The highest BCUT2D eigenvalue weighted by Gasteiger charge is 2.26. The third kappa shape index (κ3) is 8.14. The fourth-order valence-electron chi connectivity index (χ4n) is 5.98. The summed E-state index contributed by atoms with van der Waals surface area (Å²) in [5, 5.41) is 10.6. The SMILES string of the molecule is COc1ccc2c(c1)C(=O)NC(c1ccc(OCCCCCOc3cc(-c4cc(-c5cc(OC)c(OC)c(OC)c5)no4)ccc3OC)c(OC)c1)N2. The number of fused-ring (bicyclic) bond motifs is 1. The molecule has 0 saturated heterocycles. The number of ether oxygens (including phenoxy) is 8. The molecule has 6 rings (SSSR count). The van der Waals surface area contributed by atoms with Gasteiger partial charge in [-0.3, -0.25) is 4.79 Å². The van der Waals surface area contributed by atoms with Gasteiger partial charge >= 0.3 is 0 Å². The van der Waals surface area contributed by atoms with E-state index in [-0.39, 0.29) is 5.91 Å². The van der Waals surface area contributed by atoms with E-state index >= 15 is 0 Å². The molecule has 1 unspecified atom stereocenters. The van der Waals surface area contributed by atoms with Gasteiger partial charge in [0.05, 0.1) is 61.4 Å². The van der Waals surface area contributed by atoms with E-state index in [4.69, 9.17) is 42.4 Å². The summed E-state index contributed by atoms with van der Waals surface area (Å²) in [5.41, 5.74) is 4.23. The Morgan fingerprint density at radius 1 is 0.604 bits per heavy atom. The molecular weight excluding hydrogens is 682 g/mol. The maximum atomic E-state index is 12.8. The summed E-state index contributed by atoms with van der Waals surface area (Å²) in [7, 11) is 9.46. The lowest BCUT2D eigenvalue weighted by molar-refractivity contribution is 0.0935. The first-order valence-electron chi connectivity index (χ1n) is 17.0. The zero-order chi connectivity index (χ0) is 37.3. The average molecular weight is 726 g/mol. The Labute approximate surface area is 308 Å². The van der Waals surface area contributed by atoms with Crippen LogP contribution in [-0.4, -0.2) is 66.9 Å². The molecule has 2 heterocycles. The number of unbranched alkanes of at least 4 members (excludes halogenated alkanes) is 2. The molecule has 1 atom stereocenters. The molecule has 2 N–H and O–H groups in total. The van der Waals surface area contributed by atoms with Crippen LogP contribution in [0.4, 0.5) is 5.69 Å². The van der Waals surface area contributed by atoms with Gasteiger partial charge in [-0.05, 0) is 85.5 Å². The van der Waals surface area contributed by atoms with Gasteiger partial charge in [0.1, 0.15) is 17.6 Å². The first kappa shape index (κ1) is 36.5. The van der Waals surface area contributed by atoms with Crippen molar-refractivity contribution in [2.24, 2.45) is 0 Å². The maximum absolute atomic E-state index is 12.8. The van der Waals surface area contributed by atoms with Crippen molar-refractivity contribution in [1.29, 1.82) is 0 Å². The number of hydrogen-bond donors (Lipinski definition) is 2. The zero-order valence-electron chi connectivity index (χ0n) is 30.6. The van der Waals surface area contributed by atoms with Crippen LogP contribution in [0.1, 0.15) is 41.3 Å². The largest absolute Gasteiger partial charge is 0.497 e. The van der Waals surface area contributed by atoms with Gasteiger partial charge in [-0.2, -0.15) is 0 Å². The van der Waals surface area contributed by atoms with Crippen molar-refractivity contribution >= 4 is 11.6 Å². The lowest BCUT2D eigenvalue weighted by Gasteiger charge is -2.28. The van der Waals surface area contributed by atoms with Crippen molar-refractivity contribution < 1.29 is 47.2 Å². The normalized spacial score (nSPS) is 13.2. The van der Waals surface area contributed by atoms with Gasteiger partial charge in [0.25, 0.3) is 5.91 Å². The van der Waals surface area contributed by atoms with Gasteiger partial charge in [-0.1, -0.05) is 11.2 Å². The van der Waals surface area contributed by atoms with Crippen molar-refractivity contribution in [3.8, 4) is 68.6 Å². The second-order valence-corrected chi connectivity index (χ2v) is 12.0. The molecule has 0 bridgehead atoms. The summed E-state index contributed by atoms with van der Waals surface area (Å²) in [6.45, 7) is 0.989. The Morgan fingerprint density at radius 3 is 1.96 bits per heavy atom. The quantitative estimate of drug-likeness (QED) is 0.0915. The van der Waals surface area contributed by atoms with Gasteiger partial charge in [0, 0.05) is 22.9 Å². The molecule has 13 heteroatoms. The number of methoxy groups -OCH3 is 6. The number of carbonyl (C=O) groups excluding carboxylic acids is 1. The van der Waals surface area contributed by atoms with E-state index in [0.717, 1.165) is 41.6 Å². The molecular formula is C40H43N3O10. The third-order valence-electron chi connectivity index (χ3n) is 8.79. The molecule has 1 aliphatic heterocycles. The predicted molar refractivity (Wildman–Crippen MR) is 198 cm³/mol. The number of nitrogens with zero attached hydrogens (tertiary/aromatic N) is 1. The van der Waals surface area contributed by atoms with Crippen LogP contribution in [0.15, 0.2) is 77.3 Å². The lowest BCUT2D eigenvalue weighted by Crippen LogP contribution is -2.38. The van der Waals surface area contributed by atoms with E-state index in [1.807, 2.05) is 66.7 Å². The molecule has 0 spiro atoms. The van der Waals surface area contributed by atoms with Gasteiger partial charge in [-0.15, -0.1) is 0 Å². The van der Waals surface area contributed by atoms with E-state index in [1.165, 1.54) is 0 Å². The van der Waals surface area contributed by atoms with Crippen molar-refractivity contribution in [2.45, 2.75) is 25.4 Å². The molecule has 1 aromatic heterocycles. The Bertz CT molecular complexity index is 2020. The summed E-state index contributed by atoms with van der Waals surface area (Å²) < 4.78 is 50.8. The molecule has 0 saturated carbocycles. The Kier molecular flexibility index (Phi) is 11.6. The summed E-state index contributed by atoms with van der Waals surface area (Å²) in [4.78, 5) is 12.8. The second-order valence-electron chi connectivity index (χ2n) is 12.0. The Morgan fingerprint density at radius 2 is 1.28 bits per heavy atom. The number of carbonyl (C=O) groups is 1. The Balaban J connectivity index is 1.00. The highest BCUT2D eigenvalue weighted by molar-refractivity contribution is 6.02. The van der Waals surface area contributed by atoms with E-state index in [0.29, 0.717) is 76.2 Å². The fraction of sp³-hybridized carbons (Fsp3) is 0.300. The molecule has 53 heavy (non-hydrogen) atoms. The van der Waals surface area contributed by atoms with Crippen LogP contribution in [0.25, 0.3) is 22.6 Å². The second kappa shape index (κ2) is 16.9. The highest BCUT2D eigenvalue weighted by atomic mass is 16.5. The maximum Gasteiger partial charge on any atom is 0.255 e. The molecule has 4 aromatic carbocycles. The van der Waals surface area contributed by atoms with Gasteiger partial charge in [0.15, 0.2) is 40.3 Å². The summed E-state index contributed by atoms with van der Waals surface area (Å²) in [5.74, 6) is 4.96. The minimum atomic E-state index is -0.424. The van der Waals surface area contributed by atoms with E-state index in [1.54, 1.807) is 48.7 Å². The van der Waals surface area contributed by atoms with Crippen LogP contribution in [0, 0.1) is 0 Å². The van der Waals surface area contributed by atoms with Gasteiger partial charge in [-0.25, -0.2) is 0 Å². The molecule has 278 valence electrons. The number of amides is 1. The number of rotatable bonds is 17. The van der Waals surface area contributed by atoms with Crippen LogP contribution in [0.5, 0.6) is 46.0 Å². The molecule has 13 nitrogen and oxygen atoms in total. The van der Waals surface area contributed by atoms with Gasteiger partial charge < -0.3 is 53.1 Å². The standard InChI is InChI=1S/C40H43N3O10/c1-45-27-12-13-29-28(22-27)40(44)42-39(41-29)25-11-15-32(34(19-25)47-3)51-16-8-7-9-17-52-35-18-24(10-14-31(35)46-2)33-23-30(43-53-33)26-20-36(48-4)38(50-6)37(21-26)49-5/h10-15,18-23,39,41H,7-9,16-17H2,1-6H3,(H,42,44). The average Bonchev–Trinajstić information content (AvgIpc) is 3.70. The first-order valence-corrected chi connectivity index (χ1v) is 17.0. The molecule has 5 aromatic rings. The van der Waals surface area contributed by atoms with Gasteiger partial charge in [0.2, 0.25) is 5.75 Å². The number of anilines is 1. The van der Waals surface area contributed by atoms with Crippen LogP contribution < -0.4 is 48.5 Å². The molecule has 0 radical (unpaired) electrons. The van der Waals surface area contributed by atoms with Crippen LogP contribution in [-0.2, 0) is 0 Å². The van der Waals surface area contributed by atoms with E-state index < -0.39 is 6.17 Å². The predicted octanol–water partition coefficient (Wildman–Crippen LogP) is 7.54. The molecule has 1 aliphatic rings. The number of aromatic nitrogens is 1. The number of benzene rings is 4. The highest BCUT2D eigenvalue weighted by Crippen LogP contribution is 2.42. The molecule has 0 fully saturated rings. The fourth-order valence-corrected chi connectivity index (χ4v) is 5.98. The number of hydrogen-bond acceptors (Lipinski definition) is 12. The third-order valence-corrected chi connectivity index (χ3v) is 8.79. The molecule has 1 amide bonds. The summed E-state index contributed by atoms with van der Waals surface area (Å²) in [6, 6.07) is 22.1. The minimum Gasteiger partial charge on any atom is -0.497 e. The smallest absolute Gasteiger partial charge is 0.255 e. The Hall–Kier alpha value is -6.24. The topological polar surface area (TPSA) is 141 Å². The lowest BCUT2D eigenvalue weighted by atomic mass is 10.0. The van der Waals surface area contributed by atoms with Crippen molar-refractivity contribution in [3.63, 3.8) is 0 Å². The minimum absolute atomic E-state index is 0.186. The molecule has 0 aliphatic carbocycles. The van der Waals surface area contributed by atoms with Crippen molar-refractivity contribution in [2.75, 3.05) is 61.2 Å². The summed E-state index contributed by atoms with van der Waals surface area (Å²) >= 11 is 0. The monoisotopic (exact) mass is 725 g/mol.